The van der Waals surface area contributed by atoms with Crippen LogP contribution in [0.5, 0.6) is 11.5 Å². The second-order valence-corrected chi connectivity index (χ2v) is 7.63. The van der Waals surface area contributed by atoms with Crippen molar-refractivity contribution in [1.29, 1.82) is 0 Å². The van der Waals surface area contributed by atoms with Gasteiger partial charge in [-0.05, 0) is 29.8 Å². The lowest BCUT2D eigenvalue weighted by Crippen LogP contribution is -2.11. The van der Waals surface area contributed by atoms with E-state index in [0.29, 0.717) is 16.3 Å². The number of nitro benzene ring substituents is 1. The number of thiazole rings is 1. The van der Waals surface area contributed by atoms with Crippen LogP contribution < -0.4 is 14.3 Å². The fourth-order valence-electron chi connectivity index (χ4n) is 3.23. The van der Waals surface area contributed by atoms with E-state index in [1.165, 1.54) is 17.4 Å². The fraction of sp³-hybridized carbons (Fsp3) is 0.0435. The Morgan fingerprint density at radius 1 is 1.00 bits per heavy atom. The van der Waals surface area contributed by atoms with Crippen LogP contribution >= 0.6 is 11.3 Å². The molecule has 1 aliphatic rings. The highest BCUT2D eigenvalue weighted by molar-refractivity contribution is 7.07. The van der Waals surface area contributed by atoms with Crippen LogP contribution in [0.3, 0.4) is 0 Å². The van der Waals surface area contributed by atoms with E-state index in [0.717, 1.165) is 16.8 Å². The van der Waals surface area contributed by atoms with Crippen LogP contribution in [-0.2, 0) is 0 Å². The first kappa shape index (κ1) is 19.7. The number of hydrogen-bond acceptors (Lipinski definition) is 7. The number of fused-ring (bicyclic) bond motifs is 1. The zero-order valence-corrected chi connectivity index (χ0v) is 17.4. The molecule has 0 spiro atoms. The number of ether oxygens (including phenoxy) is 2. The molecule has 0 fully saturated rings. The van der Waals surface area contributed by atoms with Gasteiger partial charge in [0.2, 0.25) is 11.6 Å². The molecule has 0 saturated heterocycles. The minimum absolute atomic E-state index is 0.0616. The van der Waals surface area contributed by atoms with Crippen LogP contribution in [0.15, 0.2) is 88.3 Å². The lowest BCUT2D eigenvalue weighted by molar-refractivity contribution is -0.384. The molecule has 0 radical (unpaired) electrons. The van der Waals surface area contributed by atoms with Gasteiger partial charge in [-0.2, -0.15) is 5.10 Å². The molecular formula is C23H16N4O4S. The fourth-order valence-corrected chi connectivity index (χ4v) is 4.08. The summed E-state index contributed by atoms with van der Waals surface area (Å²) in [5.74, 6) is 1.36. The van der Waals surface area contributed by atoms with Gasteiger partial charge in [-0.15, -0.1) is 11.3 Å². The quantitative estimate of drug-likeness (QED) is 0.247. The maximum absolute atomic E-state index is 11.4. The van der Waals surface area contributed by atoms with Crippen molar-refractivity contribution in [2.75, 3.05) is 6.79 Å². The molecule has 8 nitrogen and oxygen atoms in total. The van der Waals surface area contributed by atoms with Crippen LogP contribution in [0.1, 0.15) is 5.56 Å². The Bertz CT molecular complexity index is 1390. The van der Waals surface area contributed by atoms with Crippen molar-refractivity contribution in [2.24, 2.45) is 10.1 Å². The normalized spacial score (nSPS) is 13.1. The van der Waals surface area contributed by atoms with Gasteiger partial charge in [0.05, 0.1) is 16.8 Å². The Labute approximate surface area is 186 Å². The van der Waals surface area contributed by atoms with Gasteiger partial charge in [-0.3, -0.25) is 10.1 Å². The van der Waals surface area contributed by atoms with Crippen LogP contribution in [0.25, 0.3) is 11.3 Å². The number of nitro groups is 1. The highest BCUT2D eigenvalue weighted by atomic mass is 32.1. The van der Waals surface area contributed by atoms with Gasteiger partial charge < -0.3 is 9.47 Å². The third kappa shape index (κ3) is 3.88. The van der Waals surface area contributed by atoms with Gasteiger partial charge in [0.1, 0.15) is 5.69 Å². The number of nitrogens with zero attached hydrogens (tertiary/aromatic N) is 4. The van der Waals surface area contributed by atoms with Gasteiger partial charge >= 0.3 is 0 Å². The summed E-state index contributed by atoms with van der Waals surface area (Å²) in [7, 11) is 0. The number of benzene rings is 3. The van der Waals surface area contributed by atoms with Crippen LogP contribution in [-0.4, -0.2) is 22.6 Å². The van der Waals surface area contributed by atoms with E-state index in [1.807, 2.05) is 53.9 Å². The van der Waals surface area contributed by atoms with Gasteiger partial charge in [0.15, 0.2) is 11.5 Å². The number of aromatic nitrogens is 1. The summed E-state index contributed by atoms with van der Waals surface area (Å²) in [5.41, 5.74) is 2.81. The smallest absolute Gasteiger partial charge is 0.294 e. The van der Waals surface area contributed by atoms with Crippen LogP contribution in [0.4, 0.5) is 11.4 Å². The molecule has 2 heterocycles. The average Bonchev–Trinajstić information content (AvgIpc) is 3.45. The molecule has 0 atom stereocenters. The van der Waals surface area contributed by atoms with Crippen molar-refractivity contribution < 1.29 is 14.4 Å². The first-order chi connectivity index (χ1) is 15.7. The Morgan fingerprint density at radius 3 is 2.62 bits per heavy atom. The highest BCUT2D eigenvalue weighted by Gasteiger charge is 2.14. The van der Waals surface area contributed by atoms with Gasteiger partial charge in [0.25, 0.3) is 5.69 Å². The highest BCUT2D eigenvalue weighted by Crippen LogP contribution is 2.32. The van der Waals surface area contributed by atoms with E-state index in [2.05, 4.69) is 10.1 Å². The first-order valence-corrected chi connectivity index (χ1v) is 10.5. The molecule has 3 aromatic carbocycles. The maximum atomic E-state index is 11.4. The second-order valence-electron chi connectivity index (χ2n) is 6.80. The number of rotatable bonds is 5. The van der Waals surface area contributed by atoms with Gasteiger partial charge in [-0.1, -0.05) is 42.5 Å². The van der Waals surface area contributed by atoms with Crippen molar-refractivity contribution in [3.8, 4) is 22.8 Å². The molecule has 9 heteroatoms. The molecule has 0 bridgehead atoms. The Hall–Kier alpha value is -4.24. The second kappa shape index (κ2) is 8.48. The summed E-state index contributed by atoms with van der Waals surface area (Å²) in [6.45, 7) is 0.201. The van der Waals surface area contributed by atoms with Crippen molar-refractivity contribution in [1.82, 2.24) is 4.68 Å². The zero-order chi connectivity index (χ0) is 21.9. The van der Waals surface area contributed by atoms with Crippen LogP contribution in [0.2, 0.25) is 0 Å². The molecule has 5 rings (SSSR count). The SMILES string of the molecule is O=[N+]([O-])c1ccccc1N=c1scc(-c2ccccc2)n1N=Cc1ccc2c(c1)OCO2. The number of para-hydroxylation sites is 2. The molecule has 4 aromatic rings. The third-order valence-electron chi connectivity index (χ3n) is 4.77. The third-order valence-corrected chi connectivity index (χ3v) is 5.58. The predicted molar refractivity (Wildman–Crippen MR) is 122 cm³/mol. The molecule has 0 saturated carbocycles. The molecule has 1 aromatic heterocycles. The molecular weight excluding hydrogens is 428 g/mol. The monoisotopic (exact) mass is 444 g/mol. The van der Waals surface area contributed by atoms with Gasteiger partial charge in [0, 0.05) is 17.0 Å². The largest absolute Gasteiger partial charge is 0.454 e. The number of hydrogen-bond donors (Lipinski definition) is 0. The topological polar surface area (TPSA) is 91.2 Å². The molecule has 1 aliphatic heterocycles. The van der Waals surface area contributed by atoms with E-state index in [4.69, 9.17) is 9.47 Å². The summed E-state index contributed by atoms with van der Waals surface area (Å²) in [6, 6.07) is 21.7. The minimum atomic E-state index is -0.440. The molecule has 0 unspecified atom stereocenters. The summed E-state index contributed by atoms with van der Waals surface area (Å²) in [4.78, 5) is 16.0. The zero-order valence-electron chi connectivity index (χ0n) is 16.6. The van der Waals surface area contributed by atoms with Crippen molar-refractivity contribution in [3.05, 3.63) is 98.7 Å². The standard InChI is InChI=1S/C23H16N4O4S/c28-27(29)19-9-5-4-8-18(19)25-23-26(20(14-32-23)17-6-2-1-3-7-17)24-13-16-10-11-21-22(12-16)31-15-30-21/h1-14H,15H2. The summed E-state index contributed by atoms with van der Waals surface area (Å²) >= 11 is 1.36. The van der Waals surface area contributed by atoms with Crippen molar-refractivity contribution in [3.63, 3.8) is 0 Å². The Morgan fingerprint density at radius 2 is 1.78 bits per heavy atom. The van der Waals surface area contributed by atoms with E-state index >= 15 is 0 Å². The Kier molecular flexibility index (Phi) is 5.22. The lowest BCUT2D eigenvalue weighted by atomic mass is 10.2. The Balaban J connectivity index is 1.63. The van der Waals surface area contributed by atoms with Crippen molar-refractivity contribution >= 4 is 28.9 Å². The maximum Gasteiger partial charge on any atom is 0.294 e. The predicted octanol–water partition coefficient (Wildman–Crippen LogP) is 4.97. The summed E-state index contributed by atoms with van der Waals surface area (Å²) in [6.07, 6.45) is 1.69. The van der Waals surface area contributed by atoms with E-state index in [-0.39, 0.29) is 18.2 Å². The van der Waals surface area contributed by atoms with E-state index < -0.39 is 4.92 Å². The summed E-state index contributed by atoms with van der Waals surface area (Å²) in [5, 5.41) is 18.0. The van der Waals surface area contributed by atoms with Gasteiger partial charge in [-0.25, -0.2) is 9.67 Å². The first-order valence-electron chi connectivity index (χ1n) is 9.67. The van der Waals surface area contributed by atoms with Crippen LogP contribution in [0, 0.1) is 10.1 Å². The van der Waals surface area contributed by atoms with E-state index in [1.54, 1.807) is 29.1 Å². The molecule has 0 aliphatic carbocycles. The molecule has 0 N–H and O–H groups in total. The average molecular weight is 444 g/mol. The van der Waals surface area contributed by atoms with E-state index in [9.17, 15) is 10.1 Å². The minimum Gasteiger partial charge on any atom is -0.454 e. The molecule has 158 valence electrons. The lowest BCUT2D eigenvalue weighted by Gasteiger charge is -2.04. The van der Waals surface area contributed by atoms with Crippen molar-refractivity contribution in [2.45, 2.75) is 0 Å². The molecule has 0 amide bonds. The molecule has 32 heavy (non-hydrogen) atoms. The summed E-state index contributed by atoms with van der Waals surface area (Å²) < 4.78 is 12.5.